The fraction of sp³-hybridized carbons (Fsp3) is 0.556. The first kappa shape index (κ1) is 10.7. The topological polar surface area (TPSA) is 37.3 Å². The van der Waals surface area contributed by atoms with Gasteiger partial charge in [0.1, 0.15) is 5.76 Å². The van der Waals surface area contributed by atoms with Crippen LogP contribution in [-0.2, 0) is 4.79 Å². The number of aliphatic hydroxyl groups excluding tert-OH is 1. The lowest BCUT2D eigenvalue weighted by Crippen LogP contribution is -2.27. The molecule has 1 aliphatic carbocycles. The highest BCUT2D eigenvalue weighted by Crippen LogP contribution is 2.36. The second-order valence-corrected chi connectivity index (χ2v) is 5.23. The number of carbonyl (C=O) groups excluding carboxylic acids is 1. The van der Waals surface area contributed by atoms with Gasteiger partial charge in [-0.05, 0) is 5.41 Å². The second-order valence-electron chi connectivity index (χ2n) is 4.07. The molecule has 1 aliphatic rings. The molecule has 0 fully saturated rings. The molecule has 2 nitrogen and oxygen atoms in total. The van der Waals surface area contributed by atoms with Gasteiger partial charge in [-0.25, -0.2) is 0 Å². The molecule has 0 bridgehead atoms. The molecule has 1 N–H and O–H groups in total. The smallest absolute Gasteiger partial charge is 0.168 e. The molecular formula is C9H12O2S2. The van der Waals surface area contributed by atoms with E-state index in [1.165, 1.54) is 0 Å². The van der Waals surface area contributed by atoms with Crippen LogP contribution in [0.5, 0.6) is 0 Å². The van der Waals surface area contributed by atoms with Crippen molar-refractivity contribution in [2.45, 2.75) is 26.7 Å². The first-order chi connectivity index (χ1) is 5.83. The van der Waals surface area contributed by atoms with Crippen molar-refractivity contribution in [2.75, 3.05) is 0 Å². The third kappa shape index (κ3) is 2.31. The standard InChI is InChI=1S/C9H12O2S2/c1-9(2)3-5(10)7(8(12)13)6(11)4-9/h10H,3-4H2,1-2H3,(H,12,13). The second kappa shape index (κ2) is 3.42. The molecule has 0 saturated carbocycles. The van der Waals surface area contributed by atoms with Crippen molar-refractivity contribution in [3.05, 3.63) is 11.3 Å². The Morgan fingerprint density at radius 2 is 2.08 bits per heavy atom. The molecule has 0 aromatic rings. The number of hydrogen-bond acceptors (Lipinski definition) is 3. The van der Waals surface area contributed by atoms with Crippen molar-refractivity contribution in [3.63, 3.8) is 0 Å². The zero-order valence-corrected chi connectivity index (χ0v) is 9.34. The van der Waals surface area contributed by atoms with Crippen LogP contribution < -0.4 is 0 Å². The first-order valence-electron chi connectivity index (χ1n) is 4.02. The molecule has 0 aromatic carbocycles. The quantitative estimate of drug-likeness (QED) is 0.522. The maximum absolute atomic E-state index is 11.5. The summed E-state index contributed by atoms with van der Waals surface area (Å²) in [5, 5.41) is 9.57. The molecule has 0 saturated heterocycles. The molecule has 4 heteroatoms. The third-order valence-electron chi connectivity index (χ3n) is 2.07. The van der Waals surface area contributed by atoms with E-state index in [2.05, 4.69) is 12.6 Å². The van der Waals surface area contributed by atoms with Gasteiger partial charge in [0, 0.05) is 12.8 Å². The summed E-state index contributed by atoms with van der Waals surface area (Å²) >= 11 is 8.68. The van der Waals surface area contributed by atoms with Gasteiger partial charge in [0.25, 0.3) is 0 Å². The van der Waals surface area contributed by atoms with Gasteiger partial charge < -0.3 is 5.11 Å². The Labute approximate surface area is 88.4 Å². The average Bonchev–Trinajstić information content (AvgIpc) is 1.78. The van der Waals surface area contributed by atoms with Gasteiger partial charge in [0.05, 0.1) is 9.77 Å². The van der Waals surface area contributed by atoms with Gasteiger partial charge in [-0.1, -0.05) is 26.1 Å². The molecule has 0 aromatic heterocycles. The molecule has 1 rings (SSSR count). The van der Waals surface area contributed by atoms with E-state index in [1.807, 2.05) is 13.8 Å². The number of allylic oxidation sites excluding steroid dienone is 1. The fourth-order valence-electron chi connectivity index (χ4n) is 1.53. The Hall–Kier alpha value is -0.350. The van der Waals surface area contributed by atoms with Crippen LogP contribution in [0.4, 0.5) is 0 Å². The van der Waals surface area contributed by atoms with Gasteiger partial charge in [-0.15, -0.1) is 12.6 Å². The van der Waals surface area contributed by atoms with Crippen LogP contribution in [0.2, 0.25) is 0 Å². The summed E-state index contributed by atoms with van der Waals surface area (Å²) in [5.74, 6) is -0.0185. The van der Waals surface area contributed by atoms with Crippen LogP contribution in [0.25, 0.3) is 0 Å². The Morgan fingerprint density at radius 3 is 2.46 bits per heavy atom. The summed E-state index contributed by atoms with van der Waals surface area (Å²) in [6, 6.07) is 0. The van der Waals surface area contributed by atoms with Crippen molar-refractivity contribution in [1.82, 2.24) is 0 Å². The van der Waals surface area contributed by atoms with Crippen LogP contribution in [0.3, 0.4) is 0 Å². The van der Waals surface area contributed by atoms with E-state index in [4.69, 9.17) is 12.2 Å². The Bertz CT molecular complexity index is 303. The van der Waals surface area contributed by atoms with Gasteiger partial charge in [0.2, 0.25) is 0 Å². The van der Waals surface area contributed by atoms with E-state index in [9.17, 15) is 9.90 Å². The van der Waals surface area contributed by atoms with Crippen LogP contribution in [0.15, 0.2) is 11.3 Å². The van der Waals surface area contributed by atoms with Crippen molar-refractivity contribution in [1.29, 1.82) is 0 Å². The molecule has 0 unspecified atom stereocenters. The summed E-state index contributed by atoms with van der Waals surface area (Å²) in [6.45, 7) is 3.89. The molecule has 0 amide bonds. The molecule has 13 heavy (non-hydrogen) atoms. The van der Waals surface area contributed by atoms with Crippen molar-refractivity contribution >= 4 is 34.8 Å². The highest BCUT2D eigenvalue weighted by Gasteiger charge is 2.33. The zero-order chi connectivity index (χ0) is 10.2. The summed E-state index contributed by atoms with van der Waals surface area (Å²) in [4.78, 5) is 11.5. The molecule has 72 valence electrons. The van der Waals surface area contributed by atoms with E-state index in [-0.39, 0.29) is 26.7 Å². The van der Waals surface area contributed by atoms with Gasteiger partial charge >= 0.3 is 0 Å². The average molecular weight is 216 g/mol. The minimum atomic E-state index is -0.163. The number of rotatable bonds is 1. The summed E-state index contributed by atoms with van der Waals surface area (Å²) in [5.41, 5.74) is 0.0705. The van der Waals surface area contributed by atoms with Crippen molar-refractivity contribution in [2.24, 2.45) is 5.41 Å². The molecular weight excluding hydrogens is 204 g/mol. The third-order valence-corrected chi connectivity index (χ3v) is 2.49. The molecule has 0 spiro atoms. The summed E-state index contributed by atoms with van der Waals surface area (Å²) < 4.78 is 0.193. The van der Waals surface area contributed by atoms with Crippen molar-refractivity contribution in [3.8, 4) is 0 Å². The number of Topliss-reactive ketones (excluding diaryl/α,β-unsaturated/α-hetero) is 1. The highest BCUT2D eigenvalue weighted by molar-refractivity contribution is 8.12. The predicted molar refractivity (Wildman–Crippen MR) is 59.3 cm³/mol. The molecule has 0 atom stereocenters. The maximum Gasteiger partial charge on any atom is 0.168 e. The monoisotopic (exact) mass is 216 g/mol. The van der Waals surface area contributed by atoms with Gasteiger partial charge in [-0.2, -0.15) is 0 Å². The van der Waals surface area contributed by atoms with Crippen molar-refractivity contribution < 1.29 is 9.90 Å². The van der Waals surface area contributed by atoms with Crippen LogP contribution in [0.1, 0.15) is 26.7 Å². The predicted octanol–water partition coefficient (Wildman–Crippen LogP) is 2.44. The number of thiocarbonyl (C=S) groups is 1. The van der Waals surface area contributed by atoms with E-state index in [0.717, 1.165) is 0 Å². The SMILES string of the molecule is CC1(C)CC(=O)C(C(=S)S)=C(O)C1. The molecule has 0 heterocycles. The van der Waals surface area contributed by atoms with E-state index in [1.54, 1.807) is 0 Å². The Morgan fingerprint density at radius 1 is 1.54 bits per heavy atom. The van der Waals surface area contributed by atoms with Gasteiger partial charge in [-0.3, -0.25) is 4.79 Å². The zero-order valence-electron chi connectivity index (χ0n) is 7.63. The minimum absolute atomic E-state index is 0.0845. The normalized spacial score (nSPS) is 21.9. The van der Waals surface area contributed by atoms with E-state index >= 15 is 0 Å². The lowest BCUT2D eigenvalue weighted by Gasteiger charge is -2.29. The lowest BCUT2D eigenvalue weighted by atomic mass is 9.77. The number of ketones is 1. The minimum Gasteiger partial charge on any atom is -0.511 e. The number of carbonyl (C=O) groups is 1. The van der Waals surface area contributed by atoms with Crippen LogP contribution >= 0.6 is 24.8 Å². The van der Waals surface area contributed by atoms with Crippen LogP contribution in [-0.4, -0.2) is 15.1 Å². The van der Waals surface area contributed by atoms with E-state index < -0.39 is 0 Å². The maximum atomic E-state index is 11.5. The number of thiol groups is 1. The summed E-state index contributed by atoms with van der Waals surface area (Å²) in [6.07, 6.45) is 0.919. The fourth-order valence-corrected chi connectivity index (χ4v) is 2.02. The first-order valence-corrected chi connectivity index (χ1v) is 4.88. The van der Waals surface area contributed by atoms with Gasteiger partial charge in [0.15, 0.2) is 5.78 Å². The molecule has 0 radical (unpaired) electrons. The van der Waals surface area contributed by atoms with Crippen LogP contribution in [0, 0.1) is 5.41 Å². The Balaban J connectivity index is 3.09. The Kier molecular flexibility index (Phi) is 2.82. The number of hydrogen-bond donors (Lipinski definition) is 2. The largest absolute Gasteiger partial charge is 0.511 e. The molecule has 0 aliphatic heterocycles. The lowest BCUT2D eigenvalue weighted by molar-refractivity contribution is -0.117. The summed E-state index contributed by atoms with van der Waals surface area (Å²) in [7, 11) is 0. The number of aliphatic hydroxyl groups is 1. The highest BCUT2D eigenvalue weighted by atomic mass is 32.1. The van der Waals surface area contributed by atoms with E-state index in [0.29, 0.717) is 12.8 Å².